The highest BCUT2D eigenvalue weighted by Crippen LogP contribution is 2.34. The minimum Gasteiger partial charge on any atom is -0.481 e. The number of hydrogen-bond acceptors (Lipinski definition) is 5. The zero-order valence-corrected chi connectivity index (χ0v) is 15.1. The van der Waals surface area contributed by atoms with Gasteiger partial charge in [0.15, 0.2) is 0 Å². The lowest BCUT2D eigenvalue weighted by Gasteiger charge is -2.18. The quantitative estimate of drug-likeness (QED) is 0.202. The van der Waals surface area contributed by atoms with Gasteiger partial charge in [0.2, 0.25) is 0 Å². The van der Waals surface area contributed by atoms with E-state index in [1.165, 1.54) is 0 Å². The Hall–Kier alpha value is -1.24. The van der Waals surface area contributed by atoms with E-state index < -0.39 is 18.2 Å². The van der Waals surface area contributed by atoms with Gasteiger partial charge >= 0.3 is 5.97 Å². The van der Waals surface area contributed by atoms with Gasteiger partial charge in [-0.25, -0.2) is 4.89 Å². The molecule has 0 spiro atoms. The smallest absolute Gasteiger partial charge is 0.303 e. The number of hydrogen-bond donors (Lipinski definition) is 3. The largest absolute Gasteiger partial charge is 0.481 e. The van der Waals surface area contributed by atoms with Crippen molar-refractivity contribution in [1.82, 2.24) is 0 Å². The molecule has 0 aromatic carbocycles. The molecule has 0 amide bonds. The van der Waals surface area contributed by atoms with Crippen molar-refractivity contribution in [1.29, 1.82) is 0 Å². The lowest BCUT2D eigenvalue weighted by Crippen LogP contribution is -2.19. The average molecular weight is 356 g/mol. The number of carboxylic acid groups (broad SMARTS) is 1. The van der Waals surface area contributed by atoms with E-state index in [2.05, 4.69) is 11.8 Å². The van der Waals surface area contributed by atoms with Gasteiger partial charge in [0, 0.05) is 24.7 Å². The third kappa shape index (κ3) is 8.12. The maximum Gasteiger partial charge on any atom is 0.303 e. The summed E-state index contributed by atoms with van der Waals surface area (Å²) < 4.78 is 0. The Balaban J connectivity index is 2.50. The van der Waals surface area contributed by atoms with E-state index in [9.17, 15) is 14.7 Å². The summed E-state index contributed by atoms with van der Waals surface area (Å²) in [5.41, 5.74) is 0. The molecule has 0 radical (unpaired) electrons. The molecule has 0 aromatic rings. The third-order valence-corrected chi connectivity index (χ3v) is 4.91. The maximum absolute atomic E-state index is 12.1. The molecule has 0 heterocycles. The standard InChI is InChI=1S/C19H32O6/c1-2-3-5-8-14(25-24)11-12-16-15(17(20)13-18(16)21)9-6-4-7-10-19(22)23/h11-12,14-16,18,21,24H,2-10,13H2,1H3,(H,22,23)/b12-11+/t14?,15-,16-,18-/m1/s1. The van der Waals surface area contributed by atoms with Crippen LogP contribution in [0, 0.1) is 11.8 Å². The van der Waals surface area contributed by atoms with E-state index in [0.717, 1.165) is 32.1 Å². The van der Waals surface area contributed by atoms with Gasteiger partial charge in [-0.05, 0) is 19.3 Å². The number of aliphatic hydroxyl groups is 1. The number of carboxylic acids is 1. The molecule has 6 nitrogen and oxygen atoms in total. The summed E-state index contributed by atoms with van der Waals surface area (Å²) in [7, 11) is 0. The maximum atomic E-state index is 12.1. The fourth-order valence-electron chi connectivity index (χ4n) is 3.44. The average Bonchev–Trinajstić information content (AvgIpc) is 2.83. The van der Waals surface area contributed by atoms with Crippen LogP contribution in [0.3, 0.4) is 0 Å². The molecule has 144 valence electrons. The topological polar surface area (TPSA) is 104 Å². The Morgan fingerprint density at radius 1 is 1.28 bits per heavy atom. The first kappa shape index (κ1) is 21.8. The summed E-state index contributed by atoms with van der Waals surface area (Å²) in [6.45, 7) is 2.10. The van der Waals surface area contributed by atoms with Crippen LogP contribution in [0.1, 0.15) is 71.1 Å². The molecule has 1 fully saturated rings. The van der Waals surface area contributed by atoms with Gasteiger partial charge in [-0.3, -0.25) is 14.8 Å². The highest BCUT2D eigenvalue weighted by atomic mass is 17.1. The summed E-state index contributed by atoms with van der Waals surface area (Å²) in [6.07, 6.45) is 9.38. The van der Waals surface area contributed by atoms with Crippen LogP contribution in [-0.2, 0) is 14.5 Å². The second-order valence-corrected chi connectivity index (χ2v) is 6.94. The van der Waals surface area contributed by atoms with E-state index >= 15 is 0 Å². The van der Waals surface area contributed by atoms with Crippen LogP contribution in [0.25, 0.3) is 0 Å². The van der Waals surface area contributed by atoms with E-state index in [1.807, 2.05) is 6.08 Å². The highest BCUT2D eigenvalue weighted by molar-refractivity contribution is 5.84. The van der Waals surface area contributed by atoms with Crippen LogP contribution in [0.5, 0.6) is 0 Å². The Morgan fingerprint density at radius 3 is 2.68 bits per heavy atom. The van der Waals surface area contributed by atoms with Crippen LogP contribution >= 0.6 is 0 Å². The first-order chi connectivity index (χ1) is 12.0. The molecule has 1 saturated carbocycles. The Labute approximate surface area is 149 Å². The molecule has 1 aliphatic rings. The van der Waals surface area contributed by atoms with Crippen molar-refractivity contribution in [2.45, 2.75) is 83.3 Å². The molecule has 0 aliphatic heterocycles. The molecule has 0 saturated heterocycles. The second kappa shape index (κ2) is 12.2. The van der Waals surface area contributed by atoms with Crippen LogP contribution in [-0.4, -0.2) is 39.4 Å². The van der Waals surface area contributed by atoms with Gasteiger partial charge in [0.25, 0.3) is 0 Å². The van der Waals surface area contributed by atoms with E-state index in [0.29, 0.717) is 19.3 Å². The SMILES string of the molecule is CCCCCC(/C=C/[C@H]1[C@H](O)CC(=O)[C@@H]1CCCCCC(=O)O)OO. The van der Waals surface area contributed by atoms with Gasteiger partial charge in [-0.1, -0.05) is 51.2 Å². The number of Topliss-reactive ketones (excluding diaryl/α,β-unsaturated/α-hetero) is 1. The van der Waals surface area contributed by atoms with Gasteiger partial charge in [-0.15, -0.1) is 0 Å². The summed E-state index contributed by atoms with van der Waals surface area (Å²) in [4.78, 5) is 27.1. The lowest BCUT2D eigenvalue weighted by atomic mass is 9.88. The van der Waals surface area contributed by atoms with Crippen molar-refractivity contribution in [3.63, 3.8) is 0 Å². The highest BCUT2D eigenvalue weighted by Gasteiger charge is 2.39. The fraction of sp³-hybridized carbons (Fsp3) is 0.789. The van der Waals surface area contributed by atoms with Crippen LogP contribution in [0.4, 0.5) is 0 Å². The molecule has 0 bridgehead atoms. The van der Waals surface area contributed by atoms with Crippen molar-refractivity contribution >= 4 is 11.8 Å². The third-order valence-electron chi connectivity index (χ3n) is 4.91. The predicted octanol–water partition coefficient (Wildman–Crippen LogP) is 3.58. The Morgan fingerprint density at radius 2 is 2.04 bits per heavy atom. The van der Waals surface area contributed by atoms with E-state index in [-0.39, 0.29) is 30.5 Å². The minimum absolute atomic E-state index is 0.0628. The van der Waals surface area contributed by atoms with Crippen molar-refractivity contribution in [2.75, 3.05) is 0 Å². The first-order valence-corrected chi connectivity index (χ1v) is 9.40. The molecule has 4 atom stereocenters. The summed E-state index contributed by atoms with van der Waals surface area (Å²) in [5.74, 6) is -1.22. The van der Waals surface area contributed by atoms with E-state index in [4.69, 9.17) is 10.4 Å². The summed E-state index contributed by atoms with van der Waals surface area (Å²) >= 11 is 0. The van der Waals surface area contributed by atoms with Crippen molar-refractivity contribution < 1.29 is 29.9 Å². The zero-order valence-electron chi connectivity index (χ0n) is 15.1. The van der Waals surface area contributed by atoms with Gasteiger partial charge in [0.1, 0.15) is 11.9 Å². The second-order valence-electron chi connectivity index (χ2n) is 6.94. The molecule has 1 unspecified atom stereocenters. The molecular weight excluding hydrogens is 324 g/mol. The number of carbonyl (C=O) groups excluding carboxylic acids is 1. The number of aliphatic hydroxyl groups excluding tert-OH is 1. The van der Waals surface area contributed by atoms with Crippen molar-refractivity contribution in [2.24, 2.45) is 11.8 Å². The summed E-state index contributed by atoms with van der Waals surface area (Å²) in [6, 6.07) is 0. The summed E-state index contributed by atoms with van der Waals surface area (Å²) in [5, 5.41) is 27.8. The van der Waals surface area contributed by atoms with Crippen LogP contribution < -0.4 is 0 Å². The molecule has 25 heavy (non-hydrogen) atoms. The fourth-order valence-corrected chi connectivity index (χ4v) is 3.44. The van der Waals surface area contributed by atoms with Gasteiger partial charge in [0.05, 0.1) is 6.10 Å². The minimum atomic E-state index is -0.800. The van der Waals surface area contributed by atoms with Gasteiger partial charge < -0.3 is 10.2 Å². The number of carbonyl (C=O) groups is 2. The molecule has 1 aliphatic carbocycles. The van der Waals surface area contributed by atoms with Crippen molar-refractivity contribution in [3.8, 4) is 0 Å². The molecule has 1 rings (SSSR count). The Kier molecular flexibility index (Phi) is 10.6. The monoisotopic (exact) mass is 356 g/mol. The molecule has 0 aromatic heterocycles. The molecular formula is C19H32O6. The number of unbranched alkanes of at least 4 members (excludes halogenated alkanes) is 4. The Bertz CT molecular complexity index is 434. The van der Waals surface area contributed by atoms with Gasteiger partial charge in [-0.2, -0.15) is 0 Å². The van der Waals surface area contributed by atoms with Crippen LogP contribution in [0.15, 0.2) is 12.2 Å². The van der Waals surface area contributed by atoms with Crippen molar-refractivity contribution in [3.05, 3.63) is 12.2 Å². The van der Waals surface area contributed by atoms with Crippen LogP contribution in [0.2, 0.25) is 0 Å². The number of aliphatic carboxylic acids is 1. The number of rotatable bonds is 13. The zero-order chi connectivity index (χ0) is 18.7. The molecule has 3 N–H and O–H groups in total. The lowest BCUT2D eigenvalue weighted by molar-refractivity contribution is -0.267. The first-order valence-electron chi connectivity index (χ1n) is 9.40. The van der Waals surface area contributed by atoms with E-state index in [1.54, 1.807) is 6.08 Å². The predicted molar refractivity (Wildman–Crippen MR) is 94.1 cm³/mol. The normalized spacial score (nSPS) is 24.9. The molecule has 6 heteroatoms. The number of ketones is 1.